The molecule has 0 saturated heterocycles. The van der Waals surface area contributed by atoms with Gasteiger partial charge in [-0.25, -0.2) is 0 Å². The summed E-state index contributed by atoms with van der Waals surface area (Å²) in [6.45, 7) is 42.9. The van der Waals surface area contributed by atoms with Crippen molar-refractivity contribution in [2.45, 2.75) is 156 Å². The van der Waals surface area contributed by atoms with Crippen LogP contribution in [0.25, 0.3) is 0 Å². The van der Waals surface area contributed by atoms with Crippen molar-refractivity contribution < 1.29 is 0 Å². The molecule has 0 N–H and O–H groups in total. The van der Waals surface area contributed by atoms with E-state index in [0.717, 1.165) is 0 Å². The zero-order valence-electron chi connectivity index (χ0n) is 22.0. The fourth-order valence-electron chi connectivity index (χ4n) is 10.1. The zero-order chi connectivity index (χ0) is 22.0. The molecule has 0 aliphatic carbocycles. The van der Waals surface area contributed by atoms with Crippen molar-refractivity contribution in [3.05, 3.63) is 0 Å². The molecule has 162 valence electrons. The minimum absolute atomic E-state index is 0.337. The van der Waals surface area contributed by atoms with Gasteiger partial charge in [-0.15, -0.1) is 0 Å². The second kappa shape index (κ2) is 6.69. The average Bonchev–Trinajstić information content (AvgIpc) is 2.12. The molecule has 26 heavy (non-hydrogen) atoms. The van der Waals surface area contributed by atoms with Gasteiger partial charge in [-0.2, -0.15) is 0 Å². The van der Waals surface area contributed by atoms with Gasteiger partial charge in [-0.05, 0) is 0 Å². The molecule has 0 heterocycles. The quantitative estimate of drug-likeness (QED) is 0.381. The van der Waals surface area contributed by atoms with Gasteiger partial charge in [0.2, 0.25) is 0 Å². The number of rotatable bonds is 1. The Hall–Kier alpha value is 0.860. The molecule has 0 fully saturated rings. The Bertz CT molecular complexity index is 365. The fraction of sp³-hybridized carbons (Fsp3) is 1.00. The summed E-state index contributed by atoms with van der Waals surface area (Å²) >= 11 is 0. The molecule has 0 amide bonds. The van der Waals surface area contributed by atoms with Crippen molar-refractivity contribution in [1.29, 1.82) is 0 Å². The van der Waals surface area contributed by atoms with Crippen LogP contribution in [0.15, 0.2) is 0 Å². The molecule has 0 aromatic carbocycles. The van der Waals surface area contributed by atoms with E-state index < -0.39 is 13.9 Å². The molecule has 0 bridgehead atoms. The van der Waals surface area contributed by atoms with Crippen molar-refractivity contribution in [2.24, 2.45) is 0 Å². The van der Waals surface area contributed by atoms with E-state index in [-0.39, 0.29) is 0 Å². The molecule has 0 saturated carbocycles. The second-order valence-electron chi connectivity index (χ2n) is 15.0. The minimum atomic E-state index is -1.95. The van der Waals surface area contributed by atoms with Crippen LogP contribution in [-0.2, 0) is 0 Å². The van der Waals surface area contributed by atoms with Gasteiger partial charge in [-0.1, -0.05) is 0 Å². The van der Waals surface area contributed by atoms with E-state index in [1.807, 2.05) is 0 Å². The summed E-state index contributed by atoms with van der Waals surface area (Å²) in [5, 5.41) is 2.02. The van der Waals surface area contributed by atoms with Crippen LogP contribution in [0.2, 0.25) is 0 Å². The van der Waals surface area contributed by atoms with Crippen LogP contribution in [-0.4, -0.2) is 30.9 Å². The molecule has 0 atom stereocenters. The summed E-state index contributed by atoms with van der Waals surface area (Å²) in [5.41, 5.74) is 0. The zero-order valence-corrected chi connectivity index (χ0v) is 24.0. The molecule has 0 nitrogen and oxygen atoms in total. The predicted molar refractivity (Wildman–Crippen MR) is 135 cm³/mol. The first-order valence-corrected chi connectivity index (χ1v) is 15.8. The van der Waals surface area contributed by atoms with E-state index in [1.54, 1.807) is 0 Å². The summed E-state index contributed by atoms with van der Waals surface area (Å²) in [6.07, 6.45) is 0. The van der Waals surface area contributed by atoms with Crippen LogP contribution in [0.4, 0.5) is 0 Å². The van der Waals surface area contributed by atoms with E-state index >= 15 is 0 Å². The normalized spacial score (nSPS) is 18.1. The van der Waals surface area contributed by atoms with E-state index in [1.165, 1.54) is 0 Å². The molecule has 0 aromatic rings. The van der Waals surface area contributed by atoms with E-state index in [4.69, 9.17) is 0 Å². The summed E-state index contributed by atoms with van der Waals surface area (Å²) in [5.74, 6) is 0. The molecule has 0 radical (unpaired) electrons. The molecule has 0 aliphatic rings. The van der Waals surface area contributed by atoms with Gasteiger partial charge in [0, 0.05) is 0 Å². The van der Waals surface area contributed by atoms with E-state index in [9.17, 15) is 0 Å². The predicted octanol–water partition coefficient (Wildman–Crippen LogP) is 9.19. The standard InChI is InChI=1S/C24H56P2/c1-19(2,3)25(20(4,5)6,21(7,8)9)26(22(10,11)12,23(13,14)15)24(16,17)18/h25-26H,1-18H3. The fourth-order valence-corrected chi connectivity index (χ4v) is 50.6. The third-order valence-corrected chi connectivity index (χ3v) is 38.8. The van der Waals surface area contributed by atoms with Crippen molar-refractivity contribution in [2.75, 3.05) is 0 Å². The Labute approximate surface area is 169 Å². The number of hydrogen-bond donors (Lipinski definition) is 0. The third kappa shape index (κ3) is 3.47. The Morgan fingerprint density at radius 2 is 0.308 bits per heavy atom. The van der Waals surface area contributed by atoms with Crippen LogP contribution in [0.5, 0.6) is 0 Å². The van der Waals surface area contributed by atoms with Gasteiger partial charge in [0.15, 0.2) is 0 Å². The van der Waals surface area contributed by atoms with E-state index in [0.29, 0.717) is 30.9 Å². The first-order valence-electron chi connectivity index (χ1n) is 10.8. The molecular weight excluding hydrogens is 350 g/mol. The molecule has 0 aromatic heterocycles. The molecule has 0 spiro atoms. The Morgan fingerprint density at radius 1 is 0.231 bits per heavy atom. The first-order chi connectivity index (χ1) is 10.8. The summed E-state index contributed by atoms with van der Waals surface area (Å²) < 4.78 is 0. The van der Waals surface area contributed by atoms with Gasteiger partial charge in [0.05, 0.1) is 0 Å². The maximum atomic E-state index is 2.60. The average molecular weight is 407 g/mol. The molecular formula is C24H56P2. The van der Waals surface area contributed by atoms with E-state index in [2.05, 4.69) is 125 Å². The second-order valence-corrected chi connectivity index (χ2v) is 31.5. The van der Waals surface area contributed by atoms with Crippen LogP contribution in [0.1, 0.15) is 125 Å². The Kier molecular flexibility index (Phi) is 6.92. The first kappa shape index (κ1) is 26.9. The van der Waals surface area contributed by atoms with Gasteiger partial charge < -0.3 is 0 Å². The van der Waals surface area contributed by atoms with Crippen LogP contribution in [0, 0.1) is 0 Å². The molecule has 0 rings (SSSR count). The van der Waals surface area contributed by atoms with Crippen LogP contribution in [0.3, 0.4) is 0 Å². The van der Waals surface area contributed by atoms with Crippen molar-refractivity contribution >= 4 is 13.9 Å². The molecule has 2 heteroatoms. The van der Waals surface area contributed by atoms with Crippen molar-refractivity contribution in [1.82, 2.24) is 0 Å². The topological polar surface area (TPSA) is 0 Å². The third-order valence-electron chi connectivity index (χ3n) is 7.31. The van der Waals surface area contributed by atoms with Gasteiger partial charge in [-0.3, -0.25) is 0 Å². The summed E-state index contributed by atoms with van der Waals surface area (Å²) in [7, 11) is 0. The Balaban J connectivity index is 8.17. The molecule has 0 aliphatic heterocycles. The van der Waals surface area contributed by atoms with Gasteiger partial charge >= 0.3 is 169 Å². The molecule has 0 unspecified atom stereocenters. The summed E-state index contributed by atoms with van der Waals surface area (Å²) in [6, 6.07) is 0. The van der Waals surface area contributed by atoms with Gasteiger partial charge in [0.1, 0.15) is 0 Å². The Morgan fingerprint density at radius 3 is 0.346 bits per heavy atom. The monoisotopic (exact) mass is 406 g/mol. The van der Waals surface area contributed by atoms with Gasteiger partial charge in [0.25, 0.3) is 0 Å². The maximum absolute atomic E-state index is 2.60. The van der Waals surface area contributed by atoms with Crippen molar-refractivity contribution in [3.63, 3.8) is 0 Å². The van der Waals surface area contributed by atoms with Crippen LogP contribution < -0.4 is 0 Å². The van der Waals surface area contributed by atoms with Crippen molar-refractivity contribution in [3.8, 4) is 0 Å². The SMILES string of the molecule is CC(C)(C)[PH](C(C)(C)C)(C(C)(C)C)[PH](C(C)(C)C)(C(C)(C)C)C(C)(C)C. The summed E-state index contributed by atoms with van der Waals surface area (Å²) in [4.78, 5) is 0. The van der Waals surface area contributed by atoms with Crippen LogP contribution >= 0.6 is 13.9 Å². The number of hydrogen-bond acceptors (Lipinski definition) is 0.